The summed E-state index contributed by atoms with van der Waals surface area (Å²) in [6.45, 7) is 10.9. The Labute approximate surface area is 151 Å². The molecule has 1 atom stereocenters. The highest BCUT2D eigenvalue weighted by molar-refractivity contribution is 5.74. The Bertz CT molecular complexity index is 430. The maximum atomic E-state index is 12.1. The molecule has 0 saturated carbocycles. The predicted molar refractivity (Wildman–Crippen MR) is 97.6 cm³/mol. The molecular weight excluding hydrogens is 320 g/mol. The molecule has 0 radical (unpaired) electrons. The van der Waals surface area contributed by atoms with Crippen LogP contribution in [0.25, 0.3) is 0 Å². The van der Waals surface area contributed by atoms with Crippen LogP contribution in [0.1, 0.15) is 46.5 Å². The molecule has 2 rings (SSSR count). The second kappa shape index (κ2) is 9.85. The van der Waals surface area contributed by atoms with E-state index in [4.69, 9.17) is 4.74 Å². The summed E-state index contributed by atoms with van der Waals surface area (Å²) < 4.78 is 5.01. The number of urea groups is 1. The Hall–Kier alpha value is -1.50. The van der Waals surface area contributed by atoms with Gasteiger partial charge in [-0.3, -0.25) is 4.90 Å². The normalized spacial score (nSPS) is 21.6. The Morgan fingerprint density at radius 3 is 2.36 bits per heavy atom. The van der Waals surface area contributed by atoms with E-state index in [0.29, 0.717) is 32.3 Å². The summed E-state index contributed by atoms with van der Waals surface area (Å²) in [4.78, 5) is 28.0. The zero-order valence-corrected chi connectivity index (χ0v) is 15.9. The quantitative estimate of drug-likeness (QED) is 0.792. The number of amides is 3. The number of rotatable bonds is 5. The van der Waals surface area contributed by atoms with E-state index in [-0.39, 0.29) is 18.2 Å². The third-order valence-corrected chi connectivity index (χ3v) is 5.36. The van der Waals surface area contributed by atoms with E-state index in [1.54, 1.807) is 4.90 Å². The average Bonchev–Trinajstić information content (AvgIpc) is 2.61. The maximum absolute atomic E-state index is 12.1. The summed E-state index contributed by atoms with van der Waals surface area (Å²) in [5.74, 6) is 0.820. The zero-order valence-electron chi connectivity index (χ0n) is 15.9. The first-order valence-corrected chi connectivity index (χ1v) is 9.69. The number of hydrogen-bond donors (Lipinski definition) is 2. The minimum atomic E-state index is -0.255. The van der Waals surface area contributed by atoms with Crippen molar-refractivity contribution in [3.63, 3.8) is 0 Å². The fraction of sp³-hybridized carbons (Fsp3) is 0.889. The highest BCUT2D eigenvalue weighted by Gasteiger charge is 2.25. The standard InChI is InChI=1S/C18H34N4O3/c1-4-25-18(24)22-11-7-16(8-12-22)20-17(23)19-13-15(3)21-9-5-14(2)6-10-21/h14-16H,4-13H2,1-3H3,(H2,19,20,23). The number of nitrogens with zero attached hydrogens (tertiary/aromatic N) is 2. The van der Waals surface area contributed by atoms with Crippen LogP contribution in [0.2, 0.25) is 0 Å². The van der Waals surface area contributed by atoms with Crippen molar-refractivity contribution >= 4 is 12.1 Å². The summed E-state index contributed by atoms with van der Waals surface area (Å²) >= 11 is 0. The molecule has 144 valence electrons. The highest BCUT2D eigenvalue weighted by Crippen LogP contribution is 2.17. The largest absolute Gasteiger partial charge is 0.450 e. The lowest BCUT2D eigenvalue weighted by Gasteiger charge is -2.35. The number of carbonyl (C=O) groups excluding carboxylic acids is 2. The molecule has 7 heteroatoms. The number of nitrogens with one attached hydrogen (secondary N) is 2. The van der Waals surface area contributed by atoms with Crippen molar-refractivity contribution in [2.24, 2.45) is 5.92 Å². The van der Waals surface area contributed by atoms with Gasteiger partial charge in [-0.25, -0.2) is 9.59 Å². The van der Waals surface area contributed by atoms with Gasteiger partial charge < -0.3 is 20.3 Å². The summed E-state index contributed by atoms with van der Waals surface area (Å²) in [6, 6.07) is 0.382. The topological polar surface area (TPSA) is 73.9 Å². The van der Waals surface area contributed by atoms with E-state index in [1.165, 1.54) is 12.8 Å². The van der Waals surface area contributed by atoms with Crippen LogP contribution in [-0.4, -0.2) is 73.3 Å². The minimum absolute atomic E-state index is 0.105. The Balaban J connectivity index is 1.62. The second-order valence-corrected chi connectivity index (χ2v) is 7.38. The molecule has 2 saturated heterocycles. The van der Waals surface area contributed by atoms with Gasteiger partial charge in [-0.2, -0.15) is 0 Å². The Morgan fingerprint density at radius 2 is 1.76 bits per heavy atom. The van der Waals surface area contributed by atoms with Crippen molar-refractivity contribution in [2.45, 2.75) is 58.5 Å². The molecule has 0 bridgehead atoms. The van der Waals surface area contributed by atoms with Crippen molar-refractivity contribution < 1.29 is 14.3 Å². The number of ether oxygens (including phenoxy) is 1. The number of piperidine rings is 2. The van der Waals surface area contributed by atoms with Crippen LogP contribution in [0.3, 0.4) is 0 Å². The van der Waals surface area contributed by atoms with Gasteiger partial charge in [0.25, 0.3) is 0 Å². The fourth-order valence-corrected chi connectivity index (χ4v) is 3.50. The molecule has 25 heavy (non-hydrogen) atoms. The lowest BCUT2D eigenvalue weighted by atomic mass is 9.98. The van der Waals surface area contributed by atoms with Gasteiger partial charge in [-0.1, -0.05) is 6.92 Å². The smallest absolute Gasteiger partial charge is 0.409 e. The van der Waals surface area contributed by atoms with Gasteiger partial charge in [0.1, 0.15) is 0 Å². The van der Waals surface area contributed by atoms with E-state index in [0.717, 1.165) is 31.8 Å². The molecule has 0 aromatic rings. The van der Waals surface area contributed by atoms with Gasteiger partial charge >= 0.3 is 12.1 Å². The lowest BCUT2D eigenvalue weighted by molar-refractivity contribution is 0.0956. The number of hydrogen-bond acceptors (Lipinski definition) is 4. The molecule has 0 aromatic carbocycles. The third kappa shape index (κ3) is 6.38. The van der Waals surface area contributed by atoms with Crippen LogP contribution >= 0.6 is 0 Å². The van der Waals surface area contributed by atoms with Crippen molar-refractivity contribution in [2.75, 3.05) is 39.3 Å². The van der Waals surface area contributed by atoms with Crippen molar-refractivity contribution in [1.29, 1.82) is 0 Å². The third-order valence-electron chi connectivity index (χ3n) is 5.36. The summed E-state index contributed by atoms with van der Waals surface area (Å²) in [5.41, 5.74) is 0. The van der Waals surface area contributed by atoms with Crippen molar-refractivity contribution in [1.82, 2.24) is 20.4 Å². The van der Waals surface area contributed by atoms with E-state index in [1.807, 2.05) is 6.92 Å². The van der Waals surface area contributed by atoms with Gasteiger partial charge in [0.2, 0.25) is 0 Å². The fourth-order valence-electron chi connectivity index (χ4n) is 3.50. The summed E-state index contributed by atoms with van der Waals surface area (Å²) in [7, 11) is 0. The van der Waals surface area contributed by atoms with Crippen LogP contribution in [0.15, 0.2) is 0 Å². The first kappa shape index (κ1) is 19.8. The average molecular weight is 354 g/mol. The SMILES string of the molecule is CCOC(=O)N1CCC(NC(=O)NCC(C)N2CCC(C)CC2)CC1. The Kier molecular flexibility index (Phi) is 7.81. The monoisotopic (exact) mass is 354 g/mol. The second-order valence-electron chi connectivity index (χ2n) is 7.38. The van der Waals surface area contributed by atoms with Gasteiger partial charge in [0, 0.05) is 31.7 Å². The van der Waals surface area contributed by atoms with Crippen LogP contribution in [-0.2, 0) is 4.74 Å². The van der Waals surface area contributed by atoms with E-state index in [2.05, 4.69) is 29.4 Å². The Morgan fingerprint density at radius 1 is 1.12 bits per heavy atom. The van der Waals surface area contributed by atoms with Crippen LogP contribution in [0.5, 0.6) is 0 Å². The van der Waals surface area contributed by atoms with E-state index in [9.17, 15) is 9.59 Å². The first-order valence-electron chi connectivity index (χ1n) is 9.69. The molecule has 3 amide bonds. The molecule has 0 aromatic heterocycles. The molecule has 1 unspecified atom stereocenters. The molecule has 2 aliphatic rings. The zero-order chi connectivity index (χ0) is 18.2. The summed E-state index contributed by atoms with van der Waals surface area (Å²) in [6.07, 6.45) is 3.78. The van der Waals surface area contributed by atoms with Crippen LogP contribution in [0, 0.1) is 5.92 Å². The van der Waals surface area contributed by atoms with Crippen molar-refractivity contribution in [3.8, 4) is 0 Å². The maximum Gasteiger partial charge on any atom is 0.409 e. The van der Waals surface area contributed by atoms with E-state index >= 15 is 0 Å². The van der Waals surface area contributed by atoms with Gasteiger partial charge in [0.15, 0.2) is 0 Å². The minimum Gasteiger partial charge on any atom is -0.450 e. The van der Waals surface area contributed by atoms with Crippen molar-refractivity contribution in [3.05, 3.63) is 0 Å². The molecule has 2 aliphatic heterocycles. The van der Waals surface area contributed by atoms with Gasteiger partial charge in [0.05, 0.1) is 6.61 Å². The molecule has 0 spiro atoms. The van der Waals surface area contributed by atoms with E-state index < -0.39 is 0 Å². The predicted octanol–water partition coefficient (Wildman–Crippen LogP) is 2.03. The van der Waals surface area contributed by atoms with Crippen LogP contribution < -0.4 is 10.6 Å². The summed E-state index contributed by atoms with van der Waals surface area (Å²) in [5, 5.41) is 6.02. The van der Waals surface area contributed by atoms with Gasteiger partial charge in [-0.05, 0) is 58.5 Å². The molecule has 7 nitrogen and oxygen atoms in total. The highest BCUT2D eigenvalue weighted by atomic mass is 16.6. The molecular formula is C18H34N4O3. The molecule has 2 fully saturated rings. The molecule has 0 aliphatic carbocycles. The lowest BCUT2D eigenvalue weighted by Crippen LogP contribution is -2.51. The van der Waals surface area contributed by atoms with Gasteiger partial charge in [-0.15, -0.1) is 0 Å². The van der Waals surface area contributed by atoms with Crippen LogP contribution in [0.4, 0.5) is 9.59 Å². The molecule has 2 heterocycles. The first-order chi connectivity index (χ1) is 12.0. The number of likely N-dealkylation sites (tertiary alicyclic amines) is 2. The number of carbonyl (C=O) groups is 2. The molecule has 2 N–H and O–H groups in total.